The van der Waals surface area contributed by atoms with Crippen LogP contribution in [0, 0.1) is 0 Å². The van der Waals surface area contributed by atoms with Crippen LogP contribution in [0.4, 0.5) is 0 Å². The van der Waals surface area contributed by atoms with Crippen molar-refractivity contribution in [1.82, 2.24) is 0 Å². The fourth-order valence-corrected chi connectivity index (χ4v) is 1.67. The molecule has 0 amide bonds. The zero-order valence-corrected chi connectivity index (χ0v) is 10.9. The molecule has 0 saturated carbocycles. The molecule has 0 bridgehead atoms. The summed E-state index contributed by atoms with van der Waals surface area (Å²) < 4.78 is 0. The molecule has 0 spiro atoms. The van der Waals surface area contributed by atoms with Crippen molar-refractivity contribution in [1.29, 1.82) is 0 Å². The Hall–Kier alpha value is -2.22. The van der Waals surface area contributed by atoms with Gasteiger partial charge in [-0.15, -0.1) is 0 Å². The summed E-state index contributed by atoms with van der Waals surface area (Å²) in [4.78, 5) is 8.77. The fraction of sp³-hybridized carbons (Fsp3) is 0.176. The van der Waals surface area contributed by atoms with Crippen LogP contribution in [0.2, 0.25) is 0 Å². The summed E-state index contributed by atoms with van der Waals surface area (Å²) in [6.45, 7) is 1.64. The van der Waals surface area contributed by atoms with Crippen molar-refractivity contribution in [3.63, 3.8) is 0 Å². The van der Waals surface area contributed by atoms with Gasteiger partial charge in [-0.3, -0.25) is 9.98 Å². The van der Waals surface area contributed by atoms with Crippen molar-refractivity contribution in [2.24, 2.45) is 9.98 Å². The SMILES string of the molecule is C(=NCCCN=Cc1ccccc1)c1ccccc1. The van der Waals surface area contributed by atoms with E-state index in [1.807, 2.05) is 48.8 Å². The third kappa shape index (κ3) is 5.30. The molecule has 0 saturated heterocycles. The van der Waals surface area contributed by atoms with E-state index in [2.05, 4.69) is 34.3 Å². The lowest BCUT2D eigenvalue weighted by Crippen LogP contribution is -1.89. The second-order valence-electron chi connectivity index (χ2n) is 4.25. The van der Waals surface area contributed by atoms with E-state index in [1.54, 1.807) is 0 Å². The molecule has 0 aliphatic carbocycles. The summed E-state index contributed by atoms with van der Waals surface area (Å²) in [6.07, 6.45) is 4.81. The highest BCUT2D eigenvalue weighted by Crippen LogP contribution is 1.96. The van der Waals surface area contributed by atoms with Crippen molar-refractivity contribution in [3.8, 4) is 0 Å². The van der Waals surface area contributed by atoms with Gasteiger partial charge in [0.05, 0.1) is 0 Å². The Morgan fingerprint density at radius 2 is 1.05 bits per heavy atom. The quantitative estimate of drug-likeness (QED) is 0.552. The highest BCUT2D eigenvalue weighted by atomic mass is 14.7. The Morgan fingerprint density at radius 3 is 1.47 bits per heavy atom. The lowest BCUT2D eigenvalue weighted by Gasteiger charge is -1.94. The maximum atomic E-state index is 4.39. The van der Waals surface area contributed by atoms with Gasteiger partial charge in [0.25, 0.3) is 0 Å². The fourth-order valence-electron chi connectivity index (χ4n) is 1.67. The van der Waals surface area contributed by atoms with Gasteiger partial charge in [-0.25, -0.2) is 0 Å². The predicted octanol–water partition coefficient (Wildman–Crippen LogP) is 3.61. The maximum Gasteiger partial charge on any atom is 0.0407 e. The van der Waals surface area contributed by atoms with Crippen molar-refractivity contribution in [3.05, 3.63) is 71.8 Å². The van der Waals surface area contributed by atoms with Gasteiger partial charge >= 0.3 is 0 Å². The number of benzene rings is 2. The molecule has 0 aliphatic heterocycles. The molecule has 0 unspecified atom stereocenters. The molecular formula is C17H18N2. The Balaban J connectivity index is 1.65. The van der Waals surface area contributed by atoms with Gasteiger partial charge in [-0.05, 0) is 17.5 Å². The average molecular weight is 250 g/mol. The first-order chi connectivity index (χ1) is 9.45. The van der Waals surface area contributed by atoms with Crippen LogP contribution in [0.5, 0.6) is 0 Å². The van der Waals surface area contributed by atoms with Gasteiger partial charge in [0.15, 0.2) is 0 Å². The van der Waals surface area contributed by atoms with Gasteiger partial charge in [-0.2, -0.15) is 0 Å². The highest BCUT2D eigenvalue weighted by Gasteiger charge is 1.86. The van der Waals surface area contributed by atoms with Crippen LogP contribution in [0.25, 0.3) is 0 Å². The van der Waals surface area contributed by atoms with Gasteiger partial charge in [0.2, 0.25) is 0 Å². The van der Waals surface area contributed by atoms with Crippen LogP contribution in [0.15, 0.2) is 70.6 Å². The Bertz CT molecular complexity index is 466. The molecule has 0 radical (unpaired) electrons. The highest BCUT2D eigenvalue weighted by molar-refractivity contribution is 5.79. The van der Waals surface area contributed by atoms with E-state index < -0.39 is 0 Å². The van der Waals surface area contributed by atoms with E-state index in [1.165, 1.54) is 0 Å². The lowest BCUT2D eigenvalue weighted by molar-refractivity contribution is 0.851. The minimum absolute atomic E-state index is 0.820. The van der Waals surface area contributed by atoms with E-state index in [0.29, 0.717) is 0 Å². The lowest BCUT2D eigenvalue weighted by atomic mass is 10.2. The van der Waals surface area contributed by atoms with Crippen LogP contribution in [-0.2, 0) is 0 Å². The molecule has 0 atom stereocenters. The maximum absolute atomic E-state index is 4.39. The minimum atomic E-state index is 0.820. The number of aliphatic imine (C=N–C) groups is 2. The minimum Gasteiger partial charge on any atom is -0.292 e. The van der Waals surface area contributed by atoms with Gasteiger partial charge < -0.3 is 0 Å². The molecule has 2 nitrogen and oxygen atoms in total. The van der Waals surface area contributed by atoms with Crippen LogP contribution >= 0.6 is 0 Å². The van der Waals surface area contributed by atoms with Gasteiger partial charge in [0.1, 0.15) is 0 Å². The summed E-state index contributed by atoms with van der Waals surface area (Å²) in [5, 5.41) is 0. The second kappa shape index (κ2) is 7.98. The number of hydrogen-bond acceptors (Lipinski definition) is 2. The van der Waals surface area contributed by atoms with E-state index in [9.17, 15) is 0 Å². The van der Waals surface area contributed by atoms with E-state index >= 15 is 0 Å². The van der Waals surface area contributed by atoms with Crippen LogP contribution < -0.4 is 0 Å². The molecule has 2 heteroatoms. The zero-order chi connectivity index (χ0) is 13.2. The normalized spacial score (nSPS) is 11.4. The summed E-state index contributed by atoms with van der Waals surface area (Å²) in [7, 11) is 0. The standard InChI is InChI=1S/C17H18N2/c1-3-8-16(9-4-1)14-18-12-7-13-19-15-17-10-5-2-6-11-17/h1-6,8-11,14-15H,7,12-13H2. The molecule has 2 aromatic rings. The molecule has 2 aromatic carbocycles. The third-order valence-corrected chi connectivity index (χ3v) is 2.65. The molecule has 2 rings (SSSR count). The molecule has 19 heavy (non-hydrogen) atoms. The molecule has 0 heterocycles. The third-order valence-electron chi connectivity index (χ3n) is 2.65. The summed E-state index contributed by atoms with van der Waals surface area (Å²) >= 11 is 0. The molecule has 96 valence electrons. The smallest absolute Gasteiger partial charge is 0.0407 e. The molecule has 0 fully saturated rings. The second-order valence-corrected chi connectivity index (χ2v) is 4.25. The molecule has 0 aromatic heterocycles. The van der Waals surface area contributed by atoms with E-state index in [-0.39, 0.29) is 0 Å². The molecule has 0 N–H and O–H groups in total. The van der Waals surface area contributed by atoms with Crippen molar-refractivity contribution in [2.45, 2.75) is 6.42 Å². The number of rotatable bonds is 6. The monoisotopic (exact) mass is 250 g/mol. The van der Waals surface area contributed by atoms with Crippen LogP contribution in [0.1, 0.15) is 17.5 Å². The molecular weight excluding hydrogens is 232 g/mol. The Labute approximate surface area is 114 Å². The number of nitrogens with zero attached hydrogens (tertiary/aromatic N) is 2. The van der Waals surface area contributed by atoms with Crippen molar-refractivity contribution in [2.75, 3.05) is 13.1 Å². The summed E-state index contributed by atoms with van der Waals surface area (Å²) in [5.41, 5.74) is 2.30. The van der Waals surface area contributed by atoms with E-state index in [4.69, 9.17) is 0 Å². The summed E-state index contributed by atoms with van der Waals surface area (Å²) in [5.74, 6) is 0. The topological polar surface area (TPSA) is 24.7 Å². The van der Waals surface area contributed by atoms with E-state index in [0.717, 1.165) is 30.6 Å². The first kappa shape index (κ1) is 13.2. The van der Waals surface area contributed by atoms with Gasteiger partial charge in [0, 0.05) is 25.5 Å². The largest absolute Gasteiger partial charge is 0.292 e. The van der Waals surface area contributed by atoms with Crippen molar-refractivity contribution < 1.29 is 0 Å². The summed E-state index contributed by atoms with van der Waals surface area (Å²) in [6, 6.07) is 20.3. The average Bonchev–Trinajstić information content (AvgIpc) is 2.48. The zero-order valence-electron chi connectivity index (χ0n) is 10.9. The number of hydrogen-bond donors (Lipinski definition) is 0. The Morgan fingerprint density at radius 1 is 0.632 bits per heavy atom. The first-order valence-electron chi connectivity index (χ1n) is 6.55. The van der Waals surface area contributed by atoms with Crippen LogP contribution in [-0.4, -0.2) is 25.5 Å². The van der Waals surface area contributed by atoms with Gasteiger partial charge in [-0.1, -0.05) is 60.7 Å². The molecule has 0 aliphatic rings. The van der Waals surface area contributed by atoms with Crippen molar-refractivity contribution >= 4 is 12.4 Å². The van der Waals surface area contributed by atoms with Crippen LogP contribution in [0.3, 0.4) is 0 Å². The first-order valence-corrected chi connectivity index (χ1v) is 6.55. The Kier molecular flexibility index (Phi) is 5.55. The predicted molar refractivity (Wildman–Crippen MR) is 82.4 cm³/mol.